The largest absolute Gasteiger partial charge is 0.478 e. The Bertz CT molecular complexity index is 320. The van der Waals surface area contributed by atoms with E-state index in [1.807, 2.05) is 0 Å². The highest BCUT2D eigenvalue weighted by Crippen LogP contribution is 2.41. The lowest BCUT2D eigenvalue weighted by Crippen LogP contribution is -2.41. The van der Waals surface area contributed by atoms with Crippen molar-refractivity contribution in [1.82, 2.24) is 0 Å². The van der Waals surface area contributed by atoms with Crippen LogP contribution in [0.3, 0.4) is 0 Å². The lowest BCUT2D eigenvalue weighted by molar-refractivity contribution is -0.227. The van der Waals surface area contributed by atoms with Crippen LogP contribution in [0.1, 0.15) is 6.42 Å². The minimum atomic E-state index is -5.20. The summed E-state index contributed by atoms with van der Waals surface area (Å²) >= 11 is 0. The van der Waals surface area contributed by atoms with E-state index in [0.29, 0.717) is 6.21 Å². The van der Waals surface area contributed by atoms with Crippen LogP contribution in [-0.4, -0.2) is 29.3 Å². The Morgan fingerprint density at radius 1 is 1.57 bits per heavy atom. The van der Waals surface area contributed by atoms with Gasteiger partial charge in [-0.2, -0.15) is 13.2 Å². The van der Waals surface area contributed by atoms with E-state index in [9.17, 15) is 22.4 Å². The number of carboxylic acids is 1. The predicted octanol–water partition coefficient (Wildman–Crippen LogP) is 1.70. The fourth-order valence-corrected chi connectivity index (χ4v) is 0.923. The zero-order valence-electron chi connectivity index (χ0n) is 6.68. The molecule has 14 heavy (non-hydrogen) atoms. The number of carbonyl (C=O) groups is 1. The third kappa shape index (κ3) is 1.75. The van der Waals surface area contributed by atoms with Crippen LogP contribution in [-0.2, 0) is 4.79 Å². The molecular weight excluding hydrogens is 206 g/mol. The number of aliphatic carboxylic acids is 1. The van der Waals surface area contributed by atoms with Crippen molar-refractivity contribution >= 4 is 12.2 Å². The molecule has 1 aliphatic rings. The van der Waals surface area contributed by atoms with Crippen molar-refractivity contribution in [3.05, 3.63) is 11.6 Å². The highest BCUT2D eigenvalue weighted by atomic mass is 19.4. The van der Waals surface area contributed by atoms with Gasteiger partial charge in [0.1, 0.15) is 0 Å². The van der Waals surface area contributed by atoms with E-state index in [0.717, 1.165) is 6.08 Å². The lowest BCUT2D eigenvalue weighted by Gasteiger charge is -2.25. The second-order valence-electron chi connectivity index (χ2n) is 2.71. The second kappa shape index (κ2) is 3.07. The molecule has 0 aliphatic carbocycles. The molecule has 1 atom stereocenters. The average molecular weight is 211 g/mol. The fourth-order valence-electron chi connectivity index (χ4n) is 0.923. The molecule has 1 heterocycles. The molecule has 1 aliphatic heterocycles. The summed E-state index contributed by atoms with van der Waals surface area (Å²) in [4.78, 5) is 12.9. The third-order valence-corrected chi connectivity index (χ3v) is 1.69. The molecule has 0 fully saturated rings. The fraction of sp³-hybridized carbons (Fsp3) is 0.429. The predicted molar refractivity (Wildman–Crippen MR) is 38.7 cm³/mol. The maximum Gasteiger partial charge on any atom is 0.443 e. The molecule has 1 N–H and O–H groups in total. The van der Waals surface area contributed by atoms with Gasteiger partial charge in [0, 0.05) is 18.2 Å². The smallest absolute Gasteiger partial charge is 0.443 e. The van der Waals surface area contributed by atoms with Crippen LogP contribution in [0.25, 0.3) is 0 Å². The molecule has 0 saturated carbocycles. The quantitative estimate of drug-likeness (QED) is 0.530. The van der Waals surface area contributed by atoms with Crippen molar-refractivity contribution in [1.29, 1.82) is 0 Å². The SMILES string of the molecule is O=C(O)C1=CC=NC(F)(C(F)(F)F)C1. The van der Waals surface area contributed by atoms with Crippen LogP contribution < -0.4 is 0 Å². The summed E-state index contributed by atoms with van der Waals surface area (Å²) in [5.41, 5.74) is -0.653. The summed E-state index contributed by atoms with van der Waals surface area (Å²) in [6, 6.07) is 0. The van der Waals surface area contributed by atoms with Gasteiger partial charge in [-0.1, -0.05) is 0 Å². The Balaban J connectivity index is 2.96. The number of halogens is 4. The van der Waals surface area contributed by atoms with E-state index in [2.05, 4.69) is 4.99 Å². The number of carboxylic acid groups (broad SMARTS) is 1. The number of dihydropyridines is 1. The van der Waals surface area contributed by atoms with Crippen LogP contribution in [0.2, 0.25) is 0 Å². The molecule has 0 bridgehead atoms. The molecule has 0 saturated heterocycles. The summed E-state index contributed by atoms with van der Waals surface area (Å²) in [5.74, 6) is -5.39. The van der Waals surface area contributed by atoms with Crippen molar-refractivity contribution in [2.45, 2.75) is 18.4 Å². The van der Waals surface area contributed by atoms with Gasteiger partial charge in [-0.05, 0) is 6.08 Å². The van der Waals surface area contributed by atoms with Crippen molar-refractivity contribution in [3.63, 3.8) is 0 Å². The van der Waals surface area contributed by atoms with E-state index in [1.54, 1.807) is 0 Å². The number of hydrogen-bond donors (Lipinski definition) is 1. The first-order chi connectivity index (χ1) is 6.26. The molecule has 7 heteroatoms. The van der Waals surface area contributed by atoms with Gasteiger partial charge in [-0.3, -0.25) is 0 Å². The molecule has 0 aromatic rings. The number of rotatable bonds is 1. The minimum Gasteiger partial charge on any atom is -0.478 e. The van der Waals surface area contributed by atoms with Gasteiger partial charge in [0.15, 0.2) is 0 Å². The minimum absolute atomic E-state index is 0.514. The Morgan fingerprint density at radius 3 is 2.57 bits per heavy atom. The van der Waals surface area contributed by atoms with Crippen LogP contribution >= 0.6 is 0 Å². The molecule has 0 aromatic heterocycles. The molecule has 0 amide bonds. The molecule has 0 radical (unpaired) electrons. The van der Waals surface area contributed by atoms with Crippen molar-refractivity contribution in [3.8, 4) is 0 Å². The Hall–Kier alpha value is -1.40. The Kier molecular flexibility index (Phi) is 2.34. The molecule has 0 spiro atoms. The normalized spacial score (nSPS) is 27.3. The monoisotopic (exact) mass is 211 g/mol. The average Bonchev–Trinajstić information content (AvgIpc) is 2.02. The number of hydrogen-bond acceptors (Lipinski definition) is 2. The Labute approximate surface area is 75.7 Å². The summed E-state index contributed by atoms with van der Waals surface area (Å²) in [5, 5.41) is 8.37. The number of alkyl halides is 4. The number of aliphatic imine (C=N–C) groups is 1. The topological polar surface area (TPSA) is 49.7 Å². The van der Waals surface area contributed by atoms with Crippen LogP contribution in [0.5, 0.6) is 0 Å². The van der Waals surface area contributed by atoms with Gasteiger partial charge in [0.05, 0.1) is 0 Å². The van der Waals surface area contributed by atoms with Crippen LogP contribution in [0.15, 0.2) is 16.6 Å². The van der Waals surface area contributed by atoms with Gasteiger partial charge in [-0.25, -0.2) is 14.2 Å². The first-order valence-corrected chi connectivity index (χ1v) is 3.49. The maximum atomic E-state index is 13.1. The van der Waals surface area contributed by atoms with E-state index < -0.39 is 29.9 Å². The maximum absolute atomic E-state index is 13.1. The molecule has 1 unspecified atom stereocenters. The zero-order chi connectivity index (χ0) is 11.0. The number of allylic oxidation sites excluding steroid dienone is 1. The molecule has 3 nitrogen and oxygen atoms in total. The standard InChI is InChI=1S/C7H5F4NO2/c8-6(7(9,10)11)3-4(5(13)14)1-2-12-6/h1-2H,3H2,(H,13,14). The molecular formula is C7H5F4NO2. The highest BCUT2D eigenvalue weighted by molar-refractivity contribution is 5.93. The highest BCUT2D eigenvalue weighted by Gasteiger charge is 2.57. The van der Waals surface area contributed by atoms with Gasteiger partial charge in [0.2, 0.25) is 0 Å². The first kappa shape index (κ1) is 10.7. The van der Waals surface area contributed by atoms with Gasteiger partial charge >= 0.3 is 12.1 Å². The number of nitrogens with zero attached hydrogens (tertiary/aromatic N) is 1. The van der Waals surface area contributed by atoms with E-state index in [-0.39, 0.29) is 0 Å². The molecule has 0 aromatic carbocycles. The molecule has 1 rings (SSSR count). The molecule has 78 valence electrons. The van der Waals surface area contributed by atoms with E-state index in [1.165, 1.54) is 0 Å². The summed E-state index contributed by atoms with van der Waals surface area (Å²) in [6.45, 7) is 0. The zero-order valence-corrected chi connectivity index (χ0v) is 6.68. The summed E-state index contributed by atoms with van der Waals surface area (Å²) in [6.07, 6.45) is -5.13. The van der Waals surface area contributed by atoms with E-state index >= 15 is 0 Å². The summed E-state index contributed by atoms with van der Waals surface area (Å²) in [7, 11) is 0. The Morgan fingerprint density at radius 2 is 2.14 bits per heavy atom. The van der Waals surface area contributed by atoms with Gasteiger partial charge in [0.25, 0.3) is 5.79 Å². The van der Waals surface area contributed by atoms with Crippen LogP contribution in [0, 0.1) is 0 Å². The first-order valence-electron chi connectivity index (χ1n) is 3.49. The third-order valence-electron chi connectivity index (χ3n) is 1.69. The van der Waals surface area contributed by atoms with Crippen molar-refractivity contribution in [2.75, 3.05) is 0 Å². The van der Waals surface area contributed by atoms with E-state index in [4.69, 9.17) is 5.11 Å². The second-order valence-corrected chi connectivity index (χ2v) is 2.71. The van der Waals surface area contributed by atoms with Crippen molar-refractivity contribution < 1.29 is 27.5 Å². The van der Waals surface area contributed by atoms with Gasteiger partial charge < -0.3 is 5.11 Å². The summed E-state index contributed by atoms with van der Waals surface area (Å²) < 4.78 is 49.2. The van der Waals surface area contributed by atoms with Crippen LogP contribution in [0.4, 0.5) is 17.6 Å². The van der Waals surface area contributed by atoms with Crippen molar-refractivity contribution in [2.24, 2.45) is 4.99 Å². The lowest BCUT2D eigenvalue weighted by atomic mass is 10.0. The van der Waals surface area contributed by atoms with Gasteiger partial charge in [-0.15, -0.1) is 0 Å².